The van der Waals surface area contributed by atoms with E-state index in [1.54, 1.807) is 12.1 Å². The number of anilines is 1. The van der Waals surface area contributed by atoms with E-state index < -0.39 is 5.79 Å². The van der Waals surface area contributed by atoms with Crippen molar-refractivity contribution >= 4 is 36.1 Å². The van der Waals surface area contributed by atoms with Crippen LogP contribution in [0.15, 0.2) is 18.2 Å². The molecule has 2 aliphatic heterocycles. The standard InChI is InChI=1S/C16H15FN2O.C11H21NO3.C5H10O2.2C2H6/c1-8-9(2)15(18-10(8)3)7-13-12-6-11(17)4-5-14(12)19-16(13)20;1-4-9-7-10(5-6-12-8-13)15-11(2,3)14-9;1-5(2,3)7-4-6;2*1-2/h4-7,18H,1-3H3,(H,19,20);8-10H,4-7H2,1-3H3,(H,12,13);4H,1-3H3;2*1-2H3/b13-7-;;;;. The van der Waals surface area contributed by atoms with Crippen LogP contribution >= 0.6 is 0 Å². The largest absolute Gasteiger partial charge is 0.462 e. The Kier molecular flexibility index (Phi) is 19.0. The third-order valence-electron chi connectivity index (χ3n) is 6.88. The summed E-state index contributed by atoms with van der Waals surface area (Å²) < 4.78 is 29.4. The molecule has 0 radical (unpaired) electrons. The van der Waals surface area contributed by atoms with Gasteiger partial charge in [0.05, 0.1) is 17.8 Å². The number of nitrogens with one attached hydrogen (secondary N) is 3. The SMILES string of the molecule is CC.CC.CC(C)(C)OC=O.CCC1CC(CCNC=O)OC(C)(C)O1.Cc1[nH]c(/C=C2\C(=O)Nc3ccc(F)cc32)c(C)c1C. The van der Waals surface area contributed by atoms with E-state index in [1.165, 1.54) is 17.7 Å². The number of H-pyrrole nitrogens is 1. The van der Waals surface area contributed by atoms with Gasteiger partial charge in [0.1, 0.15) is 11.4 Å². The number of ether oxygens (including phenoxy) is 3. The number of aryl methyl sites for hydroxylation is 1. The van der Waals surface area contributed by atoms with Crippen LogP contribution in [-0.4, -0.2) is 53.9 Å². The Morgan fingerprint density at radius 3 is 2.13 bits per heavy atom. The van der Waals surface area contributed by atoms with Crippen LogP contribution in [0.5, 0.6) is 0 Å². The van der Waals surface area contributed by atoms with Gasteiger partial charge >= 0.3 is 0 Å². The van der Waals surface area contributed by atoms with Gasteiger partial charge in [-0.3, -0.25) is 14.4 Å². The van der Waals surface area contributed by atoms with Crippen molar-refractivity contribution in [2.24, 2.45) is 0 Å². The summed E-state index contributed by atoms with van der Waals surface area (Å²) in [7, 11) is 0. The molecular formula is C36H58FN3O6. The Balaban J connectivity index is 0.000000688. The second-order valence-corrected chi connectivity index (χ2v) is 11.8. The quantitative estimate of drug-likeness (QED) is 0.159. The highest BCUT2D eigenvalue weighted by atomic mass is 19.1. The van der Waals surface area contributed by atoms with Crippen LogP contribution in [0, 0.1) is 26.6 Å². The van der Waals surface area contributed by atoms with Crippen LogP contribution in [0.1, 0.15) is 117 Å². The van der Waals surface area contributed by atoms with Gasteiger partial charge in [-0.2, -0.15) is 0 Å². The molecule has 1 saturated heterocycles. The number of carbonyl (C=O) groups is 3. The average Bonchev–Trinajstić information content (AvgIpc) is 3.43. The van der Waals surface area contributed by atoms with Crippen molar-refractivity contribution in [2.75, 3.05) is 11.9 Å². The van der Waals surface area contributed by atoms with Gasteiger partial charge in [-0.05, 0) is 104 Å². The fourth-order valence-electron chi connectivity index (χ4n) is 4.56. The molecule has 0 bridgehead atoms. The zero-order valence-corrected chi connectivity index (χ0v) is 30.3. The van der Waals surface area contributed by atoms with E-state index in [9.17, 15) is 18.8 Å². The Bertz CT molecular complexity index is 1260. The molecular weight excluding hydrogens is 589 g/mol. The number of aromatic amines is 1. The molecule has 9 nitrogen and oxygen atoms in total. The number of amides is 2. The number of hydrogen-bond donors (Lipinski definition) is 3. The van der Waals surface area contributed by atoms with Gasteiger partial charge in [-0.15, -0.1) is 0 Å². The van der Waals surface area contributed by atoms with Crippen LogP contribution < -0.4 is 10.6 Å². The van der Waals surface area contributed by atoms with Crippen molar-refractivity contribution < 1.29 is 33.0 Å². The molecule has 4 rings (SSSR count). The normalized spacial score (nSPS) is 18.4. The summed E-state index contributed by atoms with van der Waals surface area (Å²) in [6.45, 7) is 26.6. The summed E-state index contributed by atoms with van der Waals surface area (Å²) in [5.41, 5.74) is 5.68. The van der Waals surface area contributed by atoms with Crippen molar-refractivity contribution in [3.63, 3.8) is 0 Å². The highest BCUT2D eigenvalue weighted by Gasteiger charge is 2.34. The van der Waals surface area contributed by atoms with Gasteiger partial charge in [0.25, 0.3) is 12.4 Å². The molecule has 3 N–H and O–H groups in total. The Morgan fingerprint density at radius 2 is 1.65 bits per heavy atom. The molecule has 0 spiro atoms. The lowest BCUT2D eigenvalue weighted by molar-refractivity contribution is -0.300. The van der Waals surface area contributed by atoms with Crippen LogP contribution in [0.2, 0.25) is 0 Å². The number of carbonyl (C=O) groups excluding carboxylic acids is 3. The minimum atomic E-state index is -0.495. The summed E-state index contributed by atoms with van der Waals surface area (Å²) in [6, 6.07) is 4.31. The first-order valence-electron chi connectivity index (χ1n) is 16.2. The predicted molar refractivity (Wildman–Crippen MR) is 185 cm³/mol. The molecule has 2 atom stereocenters. The van der Waals surface area contributed by atoms with Crippen molar-refractivity contribution in [1.29, 1.82) is 0 Å². The predicted octanol–water partition coefficient (Wildman–Crippen LogP) is 8.02. The molecule has 260 valence electrons. The highest BCUT2D eigenvalue weighted by Crippen LogP contribution is 2.34. The Morgan fingerprint density at radius 1 is 1.04 bits per heavy atom. The van der Waals surface area contributed by atoms with E-state index in [-0.39, 0.29) is 29.5 Å². The molecule has 2 aromatic rings. The number of rotatable bonds is 7. The second-order valence-electron chi connectivity index (χ2n) is 11.8. The number of fused-ring (bicyclic) bond motifs is 1. The fraction of sp³-hybridized carbons (Fsp3) is 0.583. The molecule has 1 aromatic heterocycles. The monoisotopic (exact) mass is 647 g/mol. The number of aromatic nitrogens is 1. The van der Waals surface area contributed by atoms with Crippen LogP contribution in [0.4, 0.5) is 10.1 Å². The minimum Gasteiger partial charge on any atom is -0.462 e. The summed E-state index contributed by atoms with van der Waals surface area (Å²) in [5.74, 6) is -1.04. The van der Waals surface area contributed by atoms with Crippen LogP contribution in [-0.2, 0) is 28.6 Å². The summed E-state index contributed by atoms with van der Waals surface area (Å²) >= 11 is 0. The van der Waals surface area contributed by atoms with Crippen molar-refractivity contribution in [1.82, 2.24) is 10.3 Å². The number of benzene rings is 1. The molecule has 1 fully saturated rings. The van der Waals surface area contributed by atoms with Crippen LogP contribution in [0.25, 0.3) is 11.6 Å². The average molecular weight is 648 g/mol. The topological polar surface area (TPSA) is 119 Å². The van der Waals surface area contributed by atoms with E-state index in [4.69, 9.17) is 9.47 Å². The Labute approximate surface area is 276 Å². The van der Waals surface area contributed by atoms with E-state index in [0.29, 0.717) is 29.8 Å². The van der Waals surface area contributed by atoms with E-state index in [0.717, 1.165) is 42.6 Å². The summed E-state index contributed by atoms with van der Waals surface area (Å²) in [4.78, 5) is 35.0. The lowest BCUT2D eigenvalue weighted by atomic mass is 10.0. The highest BCUT2D eigenvalue weighted by molar-refractivity contribution is 6.34. The first-order chi connectivity index (χ1) is 21.6. The molecule has 3 heterocycles. The lowest BCUT2D eigenvalue weighted by Crippen LogP contribution is -2.45. The van der Waals surface area contributed by atoms with Crippen molar-refractivity contribution in [2.45, 2.75) is 133 Å². The first kappa shape index (κ1) is 42.5. The zero-order valence-electron chi connectivity index (χ0n) is 30.3. The lowest BCUT2D eigenvalue weighted by Gasteiger charge is -2.40. The maximum Gasteiger partial charge on any atom is 0.293 e. The van der Waals surface area contributed by atoms with E-state index >= 15 is 0 Å². The van der Waals surface area contributed by atoms with Gasteiger partial charge in [0.2, 0.25) is 6.41 Å². The first-order valence-corrected chi connectivity index (χ1v) is 16.2. The second kappa shape index (κ2) is 20.6. The molecule has 2 unspecified atom stereocenters. The number of halogens is 1. The zero-order chi connectivity index (χ0) is 35.7. The molecule has 10 heteroatoms. The van der Waals surface area contributed by atoms with Gasteiger partial charge in [-0.1, -0.05) is 34.6 Å². The number of hydrogen-bond acceptors (Lipinski definition) is 6. The molecule has 1 aromatic carbocycles. The van der Waals surface area contributed by atoms with Gasteiger partial charge in [0.15, 0.2) is 5.79 Å². The molecule has 46 heavy (non-hydrogen) atoms. The molecule has 2 aliphatic rings. The summed E-state index contributed by atoms with van der Waals surface area (Å²) in [5, 5.41) is 5.40. The van der Waals surface area contributed by atoms with Gasteiger partial charge in [-0.25, -0.2) is 4.39 Å². The minimum absolute atomic E-state index is 0.186. The molecule has 2 amide bonds. The van der Waals surface area contributed by atoms with E-state index in [1.807, 2.05) is 83.1 Å². The molecule has 0 saturated carbocycles. The molecule has 0 aliphatic carbocycles. The summed E-state index contributed by atoms with van der Waals surface area (Å²) in [6.07, 6.45) is 5.74. The van der Waals surface area contributed by atoms with Crippen LogP contribution in [0.3, 0.4) is 0 Å². The van der Waals surface area contributed by atoms with Gasteiger partial charge in [0, 0.05) is 35.6 Å². The van der Waals surface area contributed by atoms with Crippen molar-refractivity contribution in [3.8, 4) is 0 Å². The smallest absolute Gasteiger partial charge is 0.293 e. The maximum absolute atomic E-state index is 13.4. The van der Waals surface area contributed by atoms with Gasteiger partial charge < -0.3 is 29.8 Å². The van der Waals surface area contributed by atoms with E-state index in [2.05, 4.69) is 27.3 Å². The fourth-order valence-corrected chi connectivity index (χ4v) is 4.56. The third kappa shape index (κ3) is 14.3. The third-order valence-corrected chi connectivity index (χ3v) is 6.88. The Hall–Kier alpha value is -3.50. The van der Waals surface area contributed by atoms with Crippen molar-refractivity contribution in [3.05, 3.63) is 52.1 Å². The maximum atomic E-state index is 13.4.